The van der Waals surface area contributed by atoms with E-state index in [9.17, 15) is 4.79 Å². The van der Waals surface area contributed by atoms with Gasteiger partial charge in [0.25, 0.3) is 8.32 Å². The highest BCUT2D eigenvalue weighted by molar-refractivity contribution is 6.99. The molecule has 0 aromatic heterocycles. The molecular formula is C23H30O2Si. The summed E-state index contributed by atoms with van der Waals surface area (Å²) in [5, 5.41) is 2.27. The summed E-state index contributed by atoms with van der Waals surface area (Å²) in [6, 6.07) is 20.8. The first-order valence-electron chi connectivity index (χ1n) is 9.25. The predicted molar refractivity (Wildman–Crippen MR) is 113 cm³/mol. The number of carbonyl (C=O) groups excluding carboxylic acids is 1. The van der Waals surface area contributed by atoms with Gasteiger partial charge >= 0.3 is 0 Å². The number of rotatable bonds is 8. The predicted octanol–water partition coefficient (Wildman–Crippen LogP) is 4.49. The molecular weight excluding hydrogens is 336 g/mol. The fraction of sp³-hybridized carbons (Fsp3) is 0.348. The van der Waals surface area contributed by atoms with Crippen molar-refractivity contribution >= 4 is 24.5 Å². The van der Waals surface area contributed by atoms with Gasteiger partial charge in [0.15, 0.2) is 5.78 Å². The quantitative estimate of drug-likeness (QED) is 0.508. The van der Waals surface area contributed by atoms with Gasteiger partial charge in [0.05, 0.1) is 0 Å². The van der Waals surface area contributed by atoms with Crippen LogP contribution in [0.5, 0.6) is 0 Å². The summed E-state index contributed by atoms with van der Waals surface area (Å²) in [5.74, 6) is 0.137. The lowest BCUT2D eigenvalue weighted by atomic mass is 10.1. The molecule has 0 aliphatic carbocycles. The average Bonchev–Trinajstić information content (AvgIpc) is 2.64. The van der Waals surface area contributed by atoms with Gasteiger partial charge in [0.2, 0.25) is 0 Å². The van der Waals surface area contributed by atoms with Gasteiger partial charge in [-0.3, -0.25) is 4.79 Å². The molecule has 2 nitrogen and oxygen atoms in total. The number of benzene rings is 2. The Labute approximate surface area is 159 Å². The molecule has 0 aliphatic rings. The Morgan fingerprint density at radius 1 is 1.04 bits per heavy atom. The van der Waals surface area contributed by atoms with Gasteiger partial charge in [0, 0.05) is 6.42 Å². The van der Waals surface area contributed by atoms with Gasteiger partial charge in [-0.05, 0) is 28.8 Å². The molecule has 0 N–H and O–H groups in total. The molecule has 3 heteroatoms. The Balaban J connectivity index is 2.57. The van der Waals surface area contributed by atoms with Crippen LogP contribution in [0, 0.1) is 0 Å². The van der Waals surface area contributed by atoms with Gasteiger partial charge in [-0.1, -0.05) is 87.5 Å². The molecule has 138 valence electrons. The minimum atomic E-state index is -2.66. The van der Waals surface area contributed by atoms with Crippen LogP contribution < -0.4 is 10.4 Å². The van der Waals surface area contributed by atoms with E-state index >= 15 is 0 Å². The minimum Gasteiger partial charge on any atom is -0.398 e. The molecule has 1 atom stereocenters. The summed E-state index contributed by atoms with van der Waals surface area (Å²) >= 11 is 0. The van der Waals surface area contributed by atoms with Crippen LogP contribution in [0.4, 0.5) is 0 Å². The van der Waals surface area contributed by atoms with E-state index in [0.29, 0.717) is 12.8 Å². The zero-order valence-corrected chi connectivity index (χ0v) is 17.4. The van der Waals surface area contributed by atoms with Crippen molar-refractivity contribution in [1.29, 1.82) is 0 Å². The number of carbonyl (C=O) groups is 1. The van der Waals surface area contributed by atoms with E-state index in [4.69, 9.17) is 4.43 Å². The van der Waals surface area contributed by atoms with Gasteiger partial charge in [-0.25, -0.2) is 0 Å². The molecule has 0 fully saturated rings. The highest BCUT2D eigenvalue weighted by Crippen LogP contribution is 2.37. The van der Waals surface area contributed by atoms with E-state index in [0.717, 1.165) is 0 Å². The summed E-state index contributed by atoms with van der Waals surface area (Å²) in [7, 11) is -2.66. The number of ketones is 1. The summed E-state index contributed by atoms with van der Waals surface area (Å²) in [6.07, 6.45) is 2.50. The third-order valence-electron chi connectivity index (χ3n) is 4.82. The van der Waals surface area contributed by atoms with E-state index in [1.807, 2.05) is 19.1 Å². The summed E-state index contributed by atoms with van der Waals surface area (Å²) in [4.78, 5) is 12.6. The topological polar surface area (TPSA) is 26.3 Å². The maximum absolute atomic E-state index is 12.6. The Morgan fingerprint density at radius 2 is 1.50 bits per heavy atom. The lowest BCUT2D eigenvalue weighted by Gasteiger charge is -2.44. The Bertz CT molecular complexity index is 677. The second kappa shape index (κ2) is 8.61. The van der Waals surface area contributed by atoms with E-state index < -0.39 is 14.4 Å². The average molecular weight is 367 g/mol. The van der Waals surface area contributed by atoms with Gasteiger partial charge in [-0.15, -0.1) is 6.58 Å². The summed E-state index contributed by atoms with van der Waals surface area (Å²) in [6.45, 7) is 12.3. The molecule has 1 unspecified atom stereocenters. The summed E-state index contributed by atoms with van der Waals surface area (Å²) < 4.78 is 6.79. The lowest BCUT2D eigenvalue weighted by Crippen LogP contribution is -2.68. The van der Waals surface area contributed by atoms with Crippen LogP contribution in [0.3, 0.4) is 0 Å². The van der Waals surface area contributed by atoms with Crippen molar-refractivity contribution in [1.82, 2.24) is 0 Å². The first-order valence-corrected chi connectivity index (χ1v) is 11.2. The highest BCUT2D eigenvalue weighted by atomic mass is 28.4. The molecule has 0 saturated heterocycles. The molecule has 2 aromatic carbocycles. The molecule has 0 aliphatic heterocycles. The SMILES string of the molecule is C=CCCC(=O)C(C)O[Si](c1ccccc1)(c1ccccc1)C(C)(C)C. The number of Topliss-reactive ketones (excluding diaryl/α,β-unsaturated/α-hetero) is 1. The van der Waals surface area contributed by atoms with Crippen molar-refractivity contribution in [3.63, 3.8) is 0 Å². The first-order chi connectivity index (χ1) is 12.3. The van der Waals surface area contributed by atoms with Gasteiger partial charge in [0.1, 0.15) is 6.10 Å². The third kappa shape index (κ3) is 4.22. The van der Waals surface area contributed by atoms with Crippen molar-refractivity contribution in [3.8, 4) is 0 Å². The summed E-state index contributed by atoms with van der Waals surface area (Å²) in [5.41, 5.74) is 0. The van der Waals surface area contributed by atoms with E-state index in [2.05, 4.69) is 75.9 Å². The van der Waals surface area contributed by atoms with E-state index in [1.165, 1.54) is 10.4 Å². The maximum atomic E-state index is 12.6. The molecule has 2 aromatic rings. The molecule has 0 bridgehead atoms. The van der Waals surface area contributed by atoms with Gasteiger partial charge in [-0.2, -0.15) is 0 Å². The van der Waals surface area contributed by atoms with Crippen LogP contribution in [-0.4, -0.2) is 20.2 Å². The Hall–Kier alpha value is -1.97. The first kappa shape index (κ1) is 20.3. The van der Waals surface area contributed by atoms with Crippen LogP contribution in [0.25, 0.3) is 0 Å². The van der Waals surface area contributed by atoms with Crippen molar-refractivity contribution in [3.05, 3.63) is 73.3 Å². The molecule has 26 heavy (non-hydrogen) atoms. The fourth-order valence-corrected chi connectivity index (χ4v) is 8.15. The molecule has 0 spiro atoms. The largest absolute Gasteiger partial charge is 0.398 e. The lowest BCUT2D eigenvalue weighted by molar-refractivity contribution is -0.125. The van der Waals surface area contributed by atoms with Crippen LogP contribution in [0.15, 0.2) is 73.3 Å². The molecule has 2 rings (SSSR count). The second-order valence-electron chi connectivity index (χ2n) is 7.72. The van der Waals surface area contributed by atoms with Crippen molar-refractivity contribution in [2.45, 2.75) is 51.7 Å². The second-order valence-corrected chi connectivity index (χ2v) is 12.0. The number of hydrogen-bond donors (Lipinski definition) is 0. The van der Waals surface area contributed by atoms with Crippen molar-refractivity contribution in [2.24, 2.45) is 0 Å². The molecule has 0 saturated carbocycles. The zero-order chi connectivity index (χ0) is 19.2. The Morgan fingerprint density at radius 3 is 1.88 bits per heavy atom. The van der Waals surface area contributed by atoms with Crippen LogP contribution in [0.1, 0.15) is 40.5 Å². The highest BCUT2D eigenvalue weighted by Gasteiger charge is 2.51. The van der Waals surface area contributed by atoms with Crippen LogP contribution in [-0.2, 0) is 9.22 Å². The minimum absolute atomic E-state index is 0.122. The fourth-order valence-electron chi connectivity index (χ4n) is 3.47. The standard InChI is InChI=1S/C23H30O2Si/c1-6-7-18-22(24)19(2)25-26(23(3,4)5,20-14-10-8-11-15-20)21-16-12-9-13-17-21/h6,8-17,19H,1,7,18H2,2-5H3. The van der Waals surface area contributed by atoms with Crippen molar-refractivity contribution in [2.75, 3.05) is 0 Å². The zero-order valence-electron chi connectivity index (χ0n) is 16.4. The smallest absolute Gasteiger partial charge is 0.262 e. The molecule has 0 heterocycles. The maximum Gasteiger partial charge on any atom is 0.262 e. The van der Waals surface area contributed by atoms with Crippen LogP contribution in [0.2, 0.25) is 5.04 Å². The Kier molecular flexibility index (Phi) is 6.73. The van der Waals surface area contributed by atoms with E-state index in [1.54, 1.807) is 6.08 Å². The molecule has 0 radical (unpaired) electrons. The number of allylic oxidation sites excluding steroid dienone is 1. The monoisotopic (exact) mass is 366 g/mol. The third-order valence-corrected chi connectivity index (χ3v) is 9.93. The molecule has 0 amide bonds. The van der Waals surface area contributed by atoms with Crippen LogP contribution >= 0.6 is 0 Å². The normalized spacial score (nSPS) is 13.2. The number of hydrogen-bond acceptors (Lipinski definition) is 2. The van der Waals surface area contributed by atoms with E-state index in [-0.39, 0.29) is 10.8 Å². The van der Waals surface area contributed by atoms with Gasteiger partial charge < -0.3 is 4.43 Å². The van der Waals surface area contributed by atoms with Crippen molar-refractivity contribution < 1.29 is 9.22 Å².